The number of aromatic hydroxyl groups is 1. The quantitative estimate of drug-likeness (QED) is 0.763. The fraction of sp³-hybridized carbons (Fsp3) is 0.308. The number of ether oxygens (including phenoxy) is 1. The molecule has 1 aromatic heterocycles. The minimum Gasteiger partial charge on any atom is -0.493 e. The molecule has 1 amide bonds. The van der Waals surface area contributed by atoms with Crippen LogP contribution in [0, 0.1) is 0 Å². The number of nitrogens with zero attached hydrogens (tertiary/aromatic N) is 2. The zero-order chi connectivity index (χ0) is 14.0. The van der Waals surface area contributed by atoms with Gasteiger partial charge in [0.05, 0.1) is 5.52 Å². The van der Waals surface area contributed by atoms with Crippen LogP contribution in [0.2, 0.25) is 0 Å². The molecule has 6 heteroatoms. The molecule has 100 valence electrons. The van der Waals surface area contributed by atoms with Crippen molar-refractivity contribution in [2.45, 2.75) is 26.4 Å². The molecule has 19 heavy (non-hydrogen) atoms. The molecule has 0 fully saturated rings. The van der Waals surface area contributed by atoms with Gasteiger partial charge in [0.25, 0.3) is 0 Å². The summed E-state index contributed by atoms with van der Waals surface area (Å²) < 4.78 is 5.00. The summed E-state index contributed by atoms with van der Waals surface area (Å²) in [7, 11) is 0. The molecule has 0 bridgehead atoms. The summed E-state index contributed by atoms with van der Waals surface area (Å²) in [6.45, 7) is 5.22. The maximum absolute atomic E-state index is 11.4. The highest BCUT2D eigenvalue weighted by molar-refractivity contribution is 5.94. The van der Waals surface area contributed by atoms with Crippen molar-refractivity contribution >= 4 is 22.7 Å². The minimum atomic E-state index is -0.794. The number of azo groups is 1. The Balaban J connectivity index is 2.26. The second-order valence-corrected chi connectivity index (χ2v) is 5.05. The van der Waals surface area contributed by atoms with Gasteiger partial charge in [0.15, 0.2) is 5.69 Å². The standard InChI is InChI=1S/C13H15N3O3/c1-13(2,3)19-12(18)16-15-10-8-6-4-5-7-9(8)14-11(10)17/h4-7,14,17H,1-3H3. The number of para-hydroxylation sites is 1. The number of carbonyl (C=O) groups is 1. The second kappa shape index (κ2) is 4.72. The van der Waals surface area contributed by atoms with Crippen LogP contribution in [0.1, 0.15) is 20.8 Å². The number of aromatic nitrogens is 1. The topological polar surface area (TPSA) is 87.0 Å². The zero-order valence-corrected chi connectivity index (χ0v) is 11.0. The number of hydrogen-bond donors (Lipinski definition) is 2. The second-order valence-electron chi connectivity index (χ2n) is 5.05. The number of hydrogen-bond acceptors (Lipinski definition) is 4. The molecule has 0 aliphatic rings. The molecule has 0 saturated heterocycles. The summed E-state index contributed by atoms with van der Waals surface area (Å²) in [5, 5.41) is 17.6. The van der Waals surface area contributed by atoms with Crippen molar-refractivity contribution in [3.05, 3.63) is 24.3 Å². The van der Waals surface area contributed by atoms with E-state index in [-0.39, 0.29) is 11.6 Å². The third-order valence-electron chi connectivity index (χ3n) is 2.28. The van der Waals surface area contributed by atoms with Crippen LogP contribution < -0.4 is 0 Å². The Morgan fingerprint density at radius 2 is 2.00 bits per heavy atom. The SMILES string of the molecule is CC(C)(C)OC(=O)N=Nc1c(O)[nH]c2ccccc12. The Morgan fingerprint density at radius 1 is 1.32 bits per heavy atom. The summed E-state index contributed by atoms with van der Waals surface area (Å²) in [4.78, 5) is 14.2. The Bertz CT molecular complexity index is 638. The van der Waals surface area contributed by atoms with Gasteiger partial charge in [-0.2, -0.15) is 0 Å². The van der Waals surface area contributed by atoms with E-state index in [1.807, 2.05) is 12.1 Å². The maximum Gasteiger partial charge on any atom is 0.452 e. The first-order valence-electron chi connectivity index (χ1n) is 5.81. The van der Waals surface area contributed by atoms with E-state index in [1.165, 1.54) is 0 Å². The summed E-state index contributed by atoms with van der Waals surface area (Å²) in [6.07, 6.45) is -0.794. The smallest absolute Gasteiger partial charge is 0.452 e. The number of aromatic amines is 1. The molecule has 0 atom stereocenters. The molecule has 1 aromatic carbocycles. The van der Waals surface area contributed by atoms with Crippen molar-refractivity contribution < 1.29 is 14.6 Å². The Hall–Kier alpha value is -2.37. The van der Waals surface area contributed by atoms with Crippen LogP contribution in [-0.4, -0.2) is 21.8 Å². The maximum atomic E-state index is 11.4. The van der Waals surface area contributed by atoms with Crippen molar-refractivity contribution in [1.82, 2.24) is 4.98 Å². The highest BCUT2D eigenvalue weighted by Crippen LogP contribution is 2.35. The Morgan fingerprint density at radius 3 is 2.68 bits per heavy atom. The van der Waals surface area contributed by atoms with E-state index in [0.29, 0.717) is 5.39 Å². The third-order valence-corrected chi connectivity index (χ3v) is 2.28. The van der Waals surface area contributed by atoms with Crippen LogP contribution in [0.5, 0.6) is 5.88 Å². The van der Waals surface area contributed by atoms with E-state index in [4.69, 9.17) is 4.74 Å². The molecule has 6 nitrogen and oxygen atoms in total. The first-order valence-corrected chi connectivity index (χ1v) is 5.81. The van der Waals surface area contributed by atoms with Crippen molar-refractivity contribution in [3.63, 3.8) is 0 Å². The fourth-order valence-electron chi connectivity index (χ4n) is 1.59. The third kappa shape index (κ3) is 3.09. The van der Waals surface area contributed by atoms with Crippen molar-refractivity contribution in [3.8, 4) is 5.88 Å². The average molecular weight is 261 g/mol. The number of carbonyl (C=O) groups excluding carboxylic acids is 1. The summed E-state index contributed by atoms with van der Waals surface area (Å²) in [5.74, 6) is -0.131. The van der Waals surface area contributed by atoms with E-state index < -0.39 is 11.7 Å². The zero-order valence-electron chi connectivity index (χ0n) is 11.0. The average Bonchev–Trinajstić information content (AvgIpc) is 2.60. The lowest BCUT2D eigenvalue weighted by Crippen LogP contribution is -2.21. The van der Waals surface area contributed by atoms with Gasteiger partial charge in [0.2, 0.25) is 5.88 Å². The Kier molecular flexibility index (Phi) is 3.25. The molecular weight excluding hydrogens is 246 g/mol. The van der Waals surface area contributed by atoms with Gasteiger partial charge in [-0.25, -0.2) is 4.79 Å². The predicted octanol–water partition coefficient (Wildman–Crippen LogP) is 3.89. The minimum absolute atomic E-state index is 0.131. The molecule has 0 aliphatic carbocycles. The van der Waals surface area contributed by atoms with Crippen LogP contribution >= 0.6 is 0 Å². The van der Waals surface area contributed by atoms with E-state index in [1.54, 1.807) is 32.9 Å². The lowest BCUT2D eigenvalue weighted by Gasteiger charge is -2.16. The molecule has 0 spiro atoms. The lowest BCUT2D eigenvalue weighted by atomic mass is 10.2. The van der Waals surface area contributed by atoms with Gasteiger partial charge < -0.3 is 14.8 Å². The summed E-state index contributed by atoms with van der Waals surface area (Å²) >= 11 is 0. The number of nitrogens with one attached hydrogen (secondary N) is 1. The van der Waals surface area contributed by atoms with Crippen molar-refractivity contribution in [2.24, 2.45) is 10.2 Å². The van der Waals surface area contributed by atoms with Crippen LogP contribution in [-0.2, 0) is 4.74 Å². The van der Waals surface area contributed by atoms with Gasteiger partial charge in [-0.05, 0) is 26.8 Å². The summed E-state index contributed by atoms with van der Waals surface area (Å²) in [6, 6.07) is 7.20. The van der Waals surface area contributed by atoms with Gasteiger partial charge in [-0.1, -0.05) is 23.3 Å². The molecule has 2 N–H and O–H groups in total. The molecule has 0 radical (unpaired) electrons. The van der Waals surface area contributed by atoms with Crippen LogP contribution in [0.15, 0.2) is 34.5 Å². The number of rotatable bonds is 1. The molecule has 0 aliphatic heterocycles. The molecule has 2 aromatic rings. The van der Waals surface area contributed by atoms with E-state index in [9.17, 15) is 9.90 Å². The number of benzene rings is 1. The van der Waals surface area contributed by atoms with Gasteiger partial charge in [0.1, 0.15) is 5.60 Å². The number of H-pyrrole nitrogens is 1. The van der Waals surface area contributed by atoms with Crippen molar-refractivity contribution in [2.75, 3.05) is 0 Å². The first kappa shape index (κ1) is 13.1. The van der Waals surface area contributed by atoms with Crippen LogP contribution in [0.3, 0.4) is 0 Å². The van der Waals surface area contributed by atoms with Gasteiger partial charge in [-0.15, -0.1) is 5.11 Å². The fourth-order valence-corrected chi connectivity index (χ4v) is 1.59. The largest absolute Gasteiger partial charge is 0.493 e. The van der Waals surface area contributed by atoms with Crippen LogP contribution in [0.4, 0.5) is 10.5 Å². The lowest BCUT2D eigenvalue weighted by molar-refractivity contribution is 0.0592. The number of amides is 1. The number of fused-ring (bicyclic) bond motifs is 1. The normalized spacial score (nSPS) is 12.2. The van der Waals surface area contributed by atoms with E-state index >= 15 is 0 Å². The van der Waals surface area contributed by atoms with Gasteiger partial charge >= 0.3 is 6.09 Å². The highest BCUT2D eigenvalue weighted by atomic mass is 16.6. The van der Waals surface area contributed by atoms with E-state index in [2.05, 4.69) is 15.2 Å². The first-order chi connectivity index (χ1) is 8.87. The van der Waals surface area contributed by atoms with Crippen molar-refractivity contribution in [1.29, 1.82) is 0 Å². The Labute approximate surface area is 110 Å². The molecule has 0 unspecified atom stereocenters. The van der Waals surface area contributed by atoms with Crippen LogP contribution in [0.25, 0.3) is 10.9 Å². The highest BCUT2D eigenvalue weighted by Gasteiger charge is 2.16. The van der Waals surface area contributed by atoms with E-state index in [0.717, 1.165) is 5.52 Å². The van der Waals surface area contributed by atoms with Gasteiger partial charge in [0, 0.05) is 5.39 Å². The van der Waals surface area contributed by atoms with Gasteiger partial charge in [-0.3, -0.25) is 0 Å². The molecular formula is C13H15N3O3. The molecule has 2 rings (SSSR count). The monoisotopic (exact) mass is 261 g/mol. The molecule has 1 heterocycles. The predicted molar refractivity (Wildman–Crippen MR) is 70.7 cm³/mol. The molecule has 0 saturated carbocycles. The summed E-state index contributed by atoms with van der Waals surface area (Å²) in [5.41, 5.74) is 0.317.